The molecule has 0 aliphatic carbocycles. The molecule has 0 aliphatic heterocycles. The summed E-state index contributed by atoms with van der Waals surface area (Å²) >= 11 is 1.12. The fourth-order valence-corrected chi connectivity index (χ4v) is 2.65. The fraction of sp³-hybridized carbons (Fsp3) is 0.167. The highest BCUT2D eigenvalue weighted by Crippen LogP contribution is 2.26. The van der Waals surface area contributed by atoms with Gasteiger partial charge >= 0.3 is 6.03 Å². The van der Waals surface area contributed by atoms with Gasteiger partial charge in [-0.3, -0.25) is 19.6 Å². The number of imide groups is 1. The van der Waals surface area contributed by atoms with Crippen LogP contribution in [-0.4, -0.2) is 17.8 Å². The summed E-state index contributed by atoms with van der Waals surface area (Å²) in [5.74, 6) is -0.490. The van der Waals surface area contributed by atoms with Crippen molar-refractivity contribution in [3.8, 4) is 5.75 Å². The Kier molecular flexibility index (Phi) is 7.04. The summed E-state index contributed by atoms with van der Waals surface area (Å²) in [5.41, 5.74) is 6.10. The van der Waals surface area contributed by atoms with Gasteiger partial charge in [-0.2, -0.15) is 0 Å². The lowest BCUT2D eigenvalue weighted by Crippen LogP contribution is -2.35. The van der Waals surface area contributed by atoms with Crippen LogP contribution < -0.4 is 20.5 Å². The average Bonchev–Trinajstić information content (AvgIpc) is 2.64. The number of urea groups is 1. The molecule has 2 rings (SSSR count). The number of ether oxygens (including phenoxy) is 1. The van der Waals surface area contributed by atoms with Crippen molar-refractivity contribution in [3.63, 3.8) is 0 Å². The summed E-state index contributed by atoms with van der Waals surface area (Å²) in [6.45, 7) is 1.99. The zero-order valence-corrected chi connectivity index (χ0v) is 15.0. The summed E-state index contributed by atoms with van der Waals surface area (Å²) in [4.78, 5) is 35.2. The molecule has 0 saturated carbocycles. The van der Waals surface area contributed by atoms with E-state index in [0.29, 0.717) is 11.3 Å². The van der Waals surface area contributed by atoms with E-state index in [4.69, 9.17) is 10.5 Å². The number of primary amides is 1. The molecule has 0 bridgehead atoms. The molecule has 4 amide bonds. The maximum atomic E-state index is 12.1. The Morgan fingerprint density at radius 2 is 1.85 bits per heavy atom. The smallest absolute Gasteiger partial charge is 0.319 e. The Labute approximate surface area is 155 Å². The lowest BCUT2D eigenvalue weighted by molar-refractivity contribution is -0.118. The quantitative estimate of drug-likeness (QED) is 0.646. The maximum absolute atomic E-state index is 12.1. The van der Waals surface area contributed by atoms with Crippen molar-refractivity contribution in [3.05, 3.63) is 59.7 Å². The standard InChI is InChI=1S/C18H19N3O4S/c1-2-16(22)21-26-13-8-9-14(17(23)20-18(19)24)15(10-13)25-11-12-6-4-3-5-7-12/h3-10H,2,11H2,1H3,(H,21,22)(H3,19,20,23,24). The van der Waals surface area contributed by atoms with Gasteiger partial charge in [0.05, 0.1) is 5.56 Å². The number of nitrogens with two attached hydrogens (primary N) is 1. The summed E-state index contributed by atoms with van der Waals surface area (Å²) in [6.07, 6.45) is 0.365. The van der Waals surface area contributed by atoms with Crippen LogP contribution in [0.4, 0.5) is 4.79 Å². The molecule has 0 fully saturated rings. The number of hydrogen-bond acceptors (Lipinski definition) is 5. The molecule has 2 aromatic carbocycles. The third-order valence-electron chi connectivity index (χ3n) is 3.28. The van der Waals surface area contributed by atoms with Gasteiger partial charge in [-0.15, -0.1) is 0 Å². The molecule has 26 heavy (non-hydrogen) atoms. The van der Waals surface area contributed by atoms with Gasteiger partial charge in [-0.25, -0.2) is 4.79 Å². The number of carbonyl (C=O) groups is 3. The van der Waals surface area contributed by atoms with Crippen LogP contribution >= 0.6 is 11.9 Å². The highest BCUT2D eigenvalue weighted by atomic mass is 32.2. The van der Waals surface area contributed by atoms with E-state index in [9.17, 15) is 14.4 Å². The third kappa shape index (κ3) is 5.82. The van der Waals surface area contributed by atoms with E-state index >= 15 is 0 Å². The van der Waals surface area contributed by atoms with Gasteiger partial charge in [0.2, 0.25) is 5.91 Å². The maximum Gasteiger partial charge on any atom is 0.319 e. The van der Waals surface area contributed by atoms with Gasteiger partial charge in [0.25, 0.3) is 5.91 Å². The largest absolute Gasteiger partial charge is 0.488 e. The first kappa shape index (κ1) is 19.3. The molecule has 0 aromatic heterocycles. The van der Waals surface area contributed by atoms with Crippen LogP contribution in [0.5, 0.6) is 5.75 Å². The summed E-state index contributed by atoms with van der Waals surface area (Å²) < 4.78 is 8.44. The van der Waals surface area contributed by atoms with E-state index in [2.05, 4.69) is 4.72 Å². The molecule has 7 nitrogen and oxygen atoms in total. The predicted molar refractivity (Wildman–Crippen MR) is 98.6 cm³/mol. The molecular formula is C18H19N3O4S. The second-order valence-corrected chi connectivity index (χ2v) is 6.11. The minimum atomic E-state index is -0.947. The first-order valence-corrected chi connectivity index (χ1v) is 8.68. The molecule has 136 valence electrons. The third-order valence-corrected chi connectivity index (χ3v) is 4.09. The van der Waals surface area contributed by atoms with Gasteiger partial charge in [0, 0.05) is 11.3 Å². The minimum Gasteiger partial charge on any atom is -0.488 e. The van der Waals surface area contributed by atoms with Gasteiger partial charge < -0.3 is 10.5 Å². The molecule has 0 aliphatic rings. The van der Waals surface area contributed by atoms with Crippen molar-refractivity contribution in [2.45, 2.75) is 24.8 Å². The van der Waals surface area contributed by atoms with Crippen LogP contribution in [0.15, 0.2) is 53.4 Å². The van der Waals surface area contributed by atoms with Crippen LogP contribution in [0.3, 0.4) is 0 Å². The lowest BCUT2D eigenvalue weighted by Gasteiger charge is -2.13. The highest BCUT2D eigenvalue weighted by molar-refractivity contribution is 7.98. The van der Waals surface area contributed by atoms with Crippen molar-refractivity contribution < 1.29 is 19.1 Å². The summed E-state index contributed by atoms with van der Waals surface area (Å²) in [5, 5.41) is 2.02. The lowest BCUT2D eigenvalue weighted by atomic mass is 10.2. The minimum absolute atomic E-state index is 0.114. The van der Waals surface area contributed by atoms with Crippen molar-refractivity contribution in [2.75, 3.05) is 0 Å². The van der Waals surface area contributed by atoms with Crippen molar-refractivity contribution in [1.82, 2.24) is 10.0 Å². The van der Waals surface area contributed by atoms with E-state index in [1.165, 1.54) is 6.07 Å². The SMILES string of the molecule is CCC(=O)NSc1ccc(C(=O)NC(N)=O)c(OCc2ccccc2)c1. The number of rotatable bonds is 7. The molecule has 0 atom stereocenters. The number of carbonyl (C=O) groups excluding carboxylic acids is 3. The van der Waals surface area contributed by atoms with Crippen molar-refractivity contribution in [2.24, 2.45) is 5.73 Å². The predicted octanol–water partition coefficient (Wildman–Crippen LogP) is 2.61. The van der Waals surface area contributed by atoms with E-state index in [0.717, 1.165) is 17.5 Å². The van der Waals surface area contributed by atoms with E-state index < -0.39 is 11.9 Å². The summed E-state index contributed by atoms with van der Waals surface area (Å²) in [7, 11) is 0. The topological polar surface area (TPSA) is 111 Å². The van der Waals surface area contributed by atoms with E-state index in [1.807, 2.05) is 35.6 Å². The van der Waals surface area contributed by atoms with Crippen molar-refractivity contribution >= 4 is 29.8 Å². The molecule has 0 spiro atoms. The molecule has 8 heteroatoms. The Morgan fingerprint density at radius 1 is 1.12 bits per heavy atom. The van der Waals surface area contributed by atoms with Gasteiger partial charge in [-0.1, -0.05) is 37.3 Å². The Bertz CT molecular complexity index is 796. The average molecular weight is 373 g/mol. The first-order valence-electron chi connectivity index (χ1n) is 7.87. The molecule has 2 aromatic rings. The molecule has 0 saturated heterocycles. The monoisotopic (exact) mass is 373 g/mol. The summed E-state index contributed by atoms with van der Waals surface area (Å²) in [6, 6.07) is 13.3. The Morgan fingerprint density at radius 3 is 2.50 bits per heavy atom. The van der Waals surface area contributed by atoms with Gasteiger partial charge in [0.15, 0.2) is 0 Å². The Balaban J connectivity index is 2.21. The van der Waals surface area contributed by atoms with Gasteiger partial charge in [0.1, 0.15) is 12.4 Å². The number of benzene rings is 2. The highest BCUT2D eigenvalue weighted by Gasteiger charge is 2.16. The molecule has 0 heterocycles. The van der Waals surface area contributed by atoms with Gasteiger partial charge in [-0.05, 0) is 35.7 Å². The second-order valence-electron chi connectivity index (χ2n) is 5.23. The normalized spacial score (nSPS) is 10.0. The van der Waals surface area contributed by atoms with Crippen LogP contribution in [0.2, 0.25) is 0 Å². The Hall–Kier alpha value is -3.00. The first-order chi connectivity index (χ1) is 12.5. The number of amides is 4. The molecular weight excluding hydrogens is 354 g/mol. The van der Waals surface area contributed by atoms with E-state index in [-0.39, 0.29) is 23.8 Å². The van der Waals surface area contributed by atoms with E-state index in [1.54, 1.807) is 19.1 Å². The zero-order chi connectivity index (χ0) is 18.9. The van der Waals surface area contributed by atoms with Crippen LogP contribution in [0.25, 0.3) is 0 Å². The molecule has 0 unspecified atom stereocenters. The molecule has 4 N–H and O–H groups in total. The van der Waals surface area contributed by atoms with Crippen molar-refractivity contribution in [1.29, 1.82) is 0 Å². The zero-order valence-electron chi connectivity index (χ0n) is 14.2. The number of hydrogen-bond donors (Lipinski definition) is 3. The van der Waals surface area contributed by atoms with Crippen LogP contribution in [-0.2, 0) is 11.4 Å². The number of nitrogens with one attached hydrogen (secondary N) is 2. The fourth-order valence-electron chi connectivity index (χ4n) is 1.98. The van der Waals surface area contributed by atoms with Crippen LogP contribution in [0.1, 0.15) is 29.3 Å². The van der Waals surface area contributed by atoms with Crippen LogP contribution in [0, 0.1) is 0 Å². The second kappa shape index (κ2) is 9.47. The molecule has 0 radical (unpaired) electrons.